The minimum Gasteiger partial charge on any atom is -0.493 e. The highest BCUT2D eigenvalue weighted by atomic mass is 19.1. The quantitative estimate of drug-likeness (QED) is 0.388. The van der Waals surface area contributed by atoms with Gasteiger partial charge in [0, 0.05) is 29.2 Å². The molecule has 0 radical (unpaired) electrons. The lowest BCUT2D eigenvalue weighted by molar-refractivity contribution is 0.262. The summed E-state index contributed by atoms with van der Waals surface area (Å²) in [7, 11) is 0. The molecule has 0 spiro atoms. The number of aromatic amines is 1. The van der Waals surface area contributed by atoms with Crippen molar-refractivity contribution in [2.75, 3.05) is 26.2 Å². The first-order valence-electron chi connectivity index (χ1n) is 11.1. The normalized spacial score (nSPS) is 14.5. The number of rotatable bonds is 7. The second-order valence-corrected chi connectivity index (χ2v) is 8.46. The first kappa shape index (κ1) is 20.7. The van der Waals surface area contributed by atoms with Crippen molar-refractivity contribution in [3.05, 3.63) is 53.7 Å². The lowest BCUT2D eigenvalue weighted by Gasteiger charge is -2.15. The summed E-state index contributed by atoms with van der Waals surface area (Å²) < 4.78 is 26.9. The molecule has 0 bridgehead atoms. The van der Waals surface area contributed by atoms with Gasteiger partial charge in [-0.15, -0.1) is 0 Å². The number of likely N-dealkylation sites (tertiary alicyclic amines) is 1. The van der Waals surface area contributed by atoms with Crippen molar-refractivity contribution in [2.24, 2.45) is 0 Å². The van der Waals surface area contributed by atoms with E-state index >= 15 is 0 Å². The van der Waals surface area contributed by atoms with E-state index in [1.54, 1.807) is 12.1 Å². The number of benzene rings is 2. The van der Waals surface area contributed by atoms with Crippen LogP contribution in [0.25, 0.3) is 21.8 Å². The van der Waals surface area contributed by atoms with Crippen molar-refractivity contribution in [1.29, 1.82) is 0 Å². The van der Waals surface area contributed by atoms with E-state index in [1.165, 1.54) is 32.3 Å². The summed E-state index contributed by atoms with van der Waals surface area (Å²) in [4.78, 5) is 14.3. The van der Waals surface area contributed by atoms with Crippen molar-refractivity contribution >= 4 is 21.8 Å². The zero-order valence-corrected chi connectivity index (χ0v) is 18.4. The van der Waals surface area contributed by atoms with Crippen molar-refractivity contribution in [2.45, 2.75) is 33.1 Å². The van der Waals surface area contributed by atoms with Crippen LogP contribution in [0.1, 0.15) is 30.5 Å². The molecular weight excluding hydrogens is 407 g/mol. The number of nitrogens with one attached hydrogen (secondary N) is 1. The summed E-state index contributed by atoms with van der Waals surface area (Å²) in [5.41, 5.74) is 3.30. The maximum atomic E-state index is 15.0. The van der Waals surface area contributed by atoms with Crippen LogP contribution in [0, 0.1) is 19.7 Å². The smallest absolute Gasteiger partial charge is 0.230 e. The number of H-pyrrole nitrogens is 1. The average Bonchev–Trinajstić information content (AvgIpc) is 3.43. The zero-order valence-electron chi connectivity index (χ0n) is 18.4. The standard InChI is InChI=1S/C25H27FN4O2/c1-16-12-19-21(14-23(16)31-11-5-10-30-8-3-4-9-30)27-15-28-25(19)32-22-7-6-20-18(24(22)26)13-17(2)29-20/h6-7,12-15,29H,3-5,8-11H2,1-2H3. The first-order valence-corrected chi connectivity index (χ1v) is 11.1. The van der Waals surface area contributed by atoms with E-state index in [9.17, 15) is 4.39 Å². The molecule has 1 saturated heterocycles. The Labute approximate surface area is 186 Å². The Morgan fingerprint density at radius 2 is 1.88 bits per heavy atom. The van der Waals surface area contributed by atoms with Crippen LogP contribution < -0.4 is 9.47 Å². The summed E-state index contributed by atoms with van der Waals surface area (Å²) >= 11 is 0. The van der Waals surface area contributed by atoms with E-state index in [2.05, 4.69) is 19.9 Å². The number of nitrogens with zero attached hydrogens (tertiary/aromatic N) is 3. The molecule has 7 heteroatoms. The monoisotopic (exact) mass is 434 g/mol. The molecule has 1 fully saturated rings. The third-order valence-corrected chi connectivity index (χ3v) is 6.01. The van der Waals surface area contributed by atoms with Crippen LogP contribution in [0.4, 0.5) is 4.39 Å². The van der Waals surface area contributed by atoms with Crippen molar-refractivity contribution < 1.29 is 13.9 Å². The Hall–Kier alpha value is -3.19. The van der Waals surface area contributed by atoms with Crippen LogP contribution in [0.5, 0.6) is 17.4 Å². The first-order chi connectivity index (χ1) is 15.6. The zero-order chi connectivity index (χ0) is 22.1. The van der Waals surface area contributed by atoms with Gasteiger partial charge >= 0.3 is 0 Å². The van der Waals surface area contributed by atoms with Crippen LogP contribution in [-0.2, 0) is 0 Å². The van der Waals surface area contributed by atoms with E-state index in [1.807, 2.05) is 32.0 Å². The van der Waals surface area contributed by atoms with Gasteiger partial charge in [-0.25, -0.2) is 14.4 Å². The predicted octanol–water partition coefficient (Wildman–Crippen LogP) is 5.52. The predicted molar refractivity (Wildman–Crippen MR) is 123 cm³/mol. The fourth-order valence-electron chi connectivity index (χ4n) is 4.35. The molecule has 2 aromatic carbocycles. The van der Waals surface area contributed by atoms with E-state index in [0.29, 0.717) is 23.4 Å². The number of aryl methyl sites for hydroxylation is 2. The highest BCUT2D eigenvalue weighted by molar-refractivity contribution is 5.86. The van der Waals surface area contributed by atoms with Gasteiger partial charge in [-0.05, 0) is 76.0 Å². The number of aromatic nitrogens is 3. The van der Waals surface area contributed by atoms with Gasteiger partial charge in [0.15, 0.2) is 11.6 Å². The molecule has 166 valence electrons. The molecule has 1 N–H and O–H groups in total. The molecule has 0 unspecified atom stereocenters. The molecule has 5 rings (SSSR count). The van der Waals surface area contributed by atoms with Crippen LogP contribution in [0.3, 0.4) is 0 Å². The average molecular weight is 435 g/mol. The van der Waals surface area contributed by atoms with Crippen molar-refractivity contribution in [3.8, 4) is 17.4 Å². The Morgan fingerprint density at radius 3 is 2.72 bits per heavy atom. The fourth-order valence-corrected chi connectivity index (χ4v) is 4.35. The minimum atomic E-state index is -0.409. The molecule has 4 aromatic rings. The van der Waals surface area contributed by atoms with Crippen LogP contribution in [0.15, 0.2) is 36.7 Å². The number of hydrogen-bond donors (Lipinski definition) is 1. The largest absolute Gasteiger partial charge is 0.493 e. The Balaban J connectivity index is 1.35. The summed E-state index contributed by atoms with van der Waals surface area (Å²) in [5.74, 6) is 0.854. The van der Waals surface area contributed by atoms with Crippen LogP contribution in [-0.4, -0.2) is 46.1 Å². The van der Waals surface area contributed by atoms with Crippen LogP contribution >= 0.6 is 0 Å². The fraction of sp³-hybridized carbons (Fsp3) is 0.360. The highest BCUT2D eigenvalue weighted by Gasteiger charge is 2.15. The van der Waals surface area contributed by atoms with E-state index in [0.717, 1.165) is 40.9 Å². The Kier molecular flexibility index (Phi) is 5.66. The number of halogens is 1. The molecule has 1 aliphatic heterocycles. The van der Waals surface area contributed by atoms with Crippen molar-refractivity contribution in [1.82, 2.24) is 19.9 Å². The number of ether oxygens (including phenoxy) is 2. The van der Waals surface area contributed by atoms with Gasteiger partial charge in [0.1, 0.15) is 12.1 Å². The third-order valence-electron chi connectivity index (χ3n) is 6.01. The second-order valence-electron chi connectivity index (χ2n) is 8.46. The van der Waals surface area contributed by atoms with Crippen LogP contribution in [0.2, 0.25) is 0 Å². The molecule has 6 nitrogen and oxygen atoms in total. The minimum absolute atomic E-state index is 0.136. The molecular formula is C25H27FN4O2. The molecule has 0 aliphatic carbocycles. The van der Waals surface area contributed by atoms with Crippen molar-refractivity contribution in [3.63, 3.8) is 0 Å². The summed E-state index contributed by atoms with van der Waals surface area (Å²) in [6, 6.07) is 9.05. The SMILES string of the molecule is Cc1cc2c(F)c(Oc3ncnc4cc(OCCCN5CCCC5)c(C)cc34)ccc2[nH]1. The topological polar surface area (TPSA) is 63.3 Å². The van der Waals surface area contributed by atoms with Gasteiger partial charge in [0.2, 0.25) is 5.88 Å². The summed E-state index contributed by atoms with van der Waals surface area (Å²) in [5, 5.41) is 1.22. The molecule has 2 aromatic heterocycles. The molecule has 0 amide bonds. The van der Waals surface area contributed by atoms with E-state index in [-0.39, 0.29) is 5.75 Å². The summed E-state index contributed by atoms with van der Waals surface area (Å²) in [6.07, 6.45) is 5.03. The van der Waals surface area contributed by atoms with E-state index in [4.69, 9.17) is 9.47 Å². The number of fused-ring (bicyclic) bond motifs is 2. The Morgan fingerprint density at radius 1 is 1.03 bits per heavy atom. The Bertz CT molecular complexity index is 1260. The lowest BCUT2D eigenvalue weighted by Crippen LogP contribution is -2.21. The second kappa shape index (κ2) is 8.74. The van der Waals surface area contributed by atoms with Gasteiger partial charge in [-0.1, -0.05) is 0 Å². The molecule has 3 heterocycles. The number of hydrogen-bond acceptors (Lipinski definition) is 5. The van der Waals surface area contributed by atoms with Gasteiger partial charge in [0.05, 0.1) is 17.5 Å². The van der Waals surface area contributed by atoms with E-state index < -0.39 is 5.82 Å². The summed E-state index contributed by atoms with van der Waals surface area (Å²) in [6.45, 7) is 8.02. The maximum Gasteiger partial charge on any atom is 0.230 e. The van der Waals surface area contributed by atoms with Gasteiger partial charge < -0.3 is 19.4 Å². The molecule has 0 atom stereocenters. The van der Waals surface area contributed by atoms with Gasteiger partial charge in [-0.3, -0.25) is 0 Å². The molecule has 1 aliphatic rings. The maximum absolute atomic E-state index is 15.0. The third kappa shape index (κ3) is 4.12. The van der Waals surface area contributed by atoms with Gasteiger partial charge in [-0.2, -0.15) is 0 Å². The molecule has 0 saturated carbocycles. The highest BCUT2D eigenvalue weighted by Crippen LogP contribution is 2.34. The van der Waals surface area contributed by atoms with Gasteiger partial charge in [0.25, 0.3) is 0 Å². The molecule has 32 heavy (non-hydrogen) atoms. The lowest BCUT2D eigenvalue weighted by atomic mass is 10.1.